The molecule has 94 valence electrons. The van der Waals surface area contributed by atoms with Crippen molar-refractivity contribution in [2.45, 2.75) is 0 Å². The van der Waals surface area contributed by atoms with Crippen LogP contribution in [0, 0.1) is 0 Å². The SMILES string of the molecule is COP(=O)(NCNC(=O)c1ccccc1)OC. The lowest BCUT2D eigenvalue weighted by molar-refractivity contribution is 0.0952. The summed E-state index contributed by atoms with van der Waals surface area (Å²) in [5.41, 5.74) is 0.527. The van der Waals surface area contributed by atoms with Crippen LogP contribution in [0.2, 0.25) is 0 Å². The highest BCUT2D eigenvalue weighted by Crippen LogP contribution is 2.40. The van der Waals surface area contributed by atoms with Crippen LogP contribution in [0.25, 0.3) is 0 Å². The molecule has 0 saturated carbocycles. The molecule has 0 aromatic heterocycles. The molecule has 0 bridgehead atoms. The van der Waals surface area contributed by atoms with E-state index in [0.717, 1.165) is 0 Å². The molecule has 1 aromatic carbocycles. The molecule has 0 aliphatic heterocycles. The van der Waals surface area contributed by atoms with Gasteiger partial charge in [-0.3, -0.25) is 4.79 Å². The van der Waals surface area contributed by atoms with Gasteiger partial charge >= 0.3 is 7.75 Å². The Labute approximate surface area is 99.9 Å². The Morgan fingerprint density at radius 2 is 1.82 bits per heavy atom. The van der Waals surface area contributed by atoms with Crippen molar-refractivity contribution in [1.29, 1.82) is 0 Å². The zero-order chi connectivity index (χ0) is 12.7. The highest BCUT2D eigenvalue weighted by molar-refractivity contribution is 7.51. The summed E-state index contributed by atoms with van der Waals surface area (Å²) < 4.78 is 20.9. The van der Waals surface area contributed by atoms with E-state index in [0.29, 0.717) is 5.56 Å². The molecule has 1 amide bonds. The van der Waals surface area contributed by atoms with Gasteiger partial charge in [0.25, 0.3) is 5.91 Å². The molecule has 0 unspecified atom stereocenters. The van der Waals surface area contributed by atoms with Gasteiger partial charge in [0, 0.05) is 19.8 Å². The van der Waals surface area contributed by atoms with Crippen molar-refractivity contribution in [3.8, 4) is 0 Å². The van der Waals surface area contributed by atoms with E-state index in [1.54, 1.807) is 24.3 Å². The molecular weight excluding hydrogens is 243 g/mol. The first-order valence-electron chi connectivity index (χ1n) is 4.91. The van der Waals surface area contributed by atoms with Crippen LogP contribution in [0.1, 0.15) is 10.4 Å². The van der Waals surface area contributed by atoms with Gasteiger partial charge in [-0.25, -0.2) is 9.65 Å². The number of nitrogens with one attached hydrogen (secondary N) is 2. The number of hydrogen-bond donors (Lipinski definition) is 2. The molecule has 0 heterocycles. The van der Waals surface area contributed by atoms with Crippen LogP contribution in [0.15, 0.2) is 30.3 Å². The summed E-state index contributed by atoms with van der Waals surface area (Å²) in [6.45, 7) is -0.00726. The van der Waals surface area contributed by atoms with Crippen molar-refractivity contribution in [2.24, 2.45) is 0 Å². The molecule has 0 aliphatic carbocycles. The Bertz CT molecular complexity index is 402. The van der Waals surface area contributed by atoms with Crippen molar-refractivity contribution in [2.75, 3.05) is 20.9 Å². The van der Waals surface area contributed by atoms with E-state index in [9.17, 15) is 9.36 Å². The summed E-state index contributed by atoms with van der Waals surface area (Å²) in [6, 6.07) is 8.71. The van der Waals surface area contributed by atoms with Crippen molar-refractivity contribution in [3.05, 3.63) is 35.9 Å². The summed E-state index contributed by atoms with van der Waals surface area (Å²) in [4.78, 5) is 11.6. The summed E-state index contributed by atoms with van der Waals surface area (Å²) in [5, 5.41) is 5.02. The number of hydrogen-bond acceptors (Lipinski definition) is 4. The number of carbonyl (C=O) groups is 1. The largest absolute Gasteiger partial charge is 0.406 e. The third-order valence-electron chi connectivity index (χ3n) is 2.04. The summed E-state index contributed by atoms with van der Waals surface area (Å²) in [5.74, 6) is -0.267. The van der Waals surface area contributed by atoms with E-state index in [4.69, 9.17) is 0 Å². The Hall–Kier alpha value is -1.20. The minimum atomic E-state index is -3.29. The van der Waals surface area contributed by atoms with E-state index in [-0.39, 0.29) is 12.6 Å². The predicted molar refractivity (Wildman–Crippen MR) is 63.5 cm³/mol. The second-order valence-corrected chi connectivity index (χ2v) is 5.11. The topological polar surface area (TPSA) is 76.7 Å². The van der Waals surface area contributed by atoms with Crippen molar-refractivity contribution in [3.63, 3.8) is 0 Å². The van der Waals surface area contributed by atoms with E-state index < -0.39 is 7.75 Å². The van der Waals surface area contributed by atoms with Gasteiger partial charge in [0.1, 0.15) is 0 Å². The van der Waals surface area contributed by atoms with Crippen molar-refractivity contribution < 1.29 is 18.4 Å². The average Bonchev–Trinajstić information content (AvgIpc) is 2.39. The Kier molecular flexibility index (Phi) is 5.31. The third kappa shape index (κ3) is 4.28. The van der Waals surface area contributed by atoms with Crippen LogP contribution in [0.3, 0.4) is 0 Å². The molecule has 0 aliphatic rings. The van der Waals surface area contributed by atoms with Gasteiger partial charge in [0.05, 0.1) is 6.67 Å². The lowest BCUT2D eigenvalue weighted by Crippen LogP contribution is -2.32. The smallest absolute Gasteiger partial charge is 0.339 e. The summed E-state index contributed by atoms with van der Waals surface area (Å²) >= 11 is 0. The fourth-order valence-electron chi connectivity index (χ4n) is 1.11. The van der Waals surface area contributed by atoms with Gasteiger partial charge in [-0.15, -0.1) is 0 Å². The van der Waals surface area contributed by atoms with Crippen molar-refractivity contribution >= 4 is 13.7 Å². The van der Waals surface area contributed by atoms with Gasteiger partial charge in [-0.2, -0.15) is 0 Å². The minimum Gasteiger partial charge on any atom is -0.339 e. The average molecular weight is 258 g/mol. The Morgan fingerprint density at radius 1 is 1.24 bits per heavy atom. The number of benzene rings is 1. The van der Waals surface area contributed by atoms with E-state index in [1.165, 1.54) is 14.2 Å². The highest BCUT2D eigenvalue weighted by Gasteiger charge is 2.19. The maximum atomic E-state index is 11.6. The van der Waals surface area contributed by atoms with Crippen LogP contribution in [0.4, 0.5) is 0 Å². The fraction of sp³-hybridized carbons (Fsp3) is 0.300. The normalized spacial score (nSPS) is 11.2. The number of carbonyl (C=O) groups excluding carboxylic acids is 1. The molecule has 0 fully saturated rings. The molecule has 0 atom stereocenters. The highest BCUT2D eigenvalue weighted by atomic mass is 31.2. The molecular formula is C10H15N2O4P. The van der Waals surface area contributed by atoms with Crippen LogP contribution >= 0.6 is 7.75 Å². The molecule has 1 rings (SSSR count). The van der Waals surface area contributed by atoms with Gasteiger partial charge in [-0.05, 0) is 12.1 Å². The van der Waals surface area contributed by atoms with Crippen LogP contribution < -0.4 is 10.4 Å². The molecule has 1 aromatic rings. The second-order valence-electron chi connectivity index (χ2n) is 3.07. The maximum Gasteiger partial charge on any atom is 0.406 e. The van der Waals surface area contributed by atoms with Crippen molar-refractivity contribution in [1.82, 2.24) is 10.4 Å². The van der Waals surface area contributed by atoms with Gasteiger partial charge in [0.15, 0.2) is 0 Å². The standard InChI is InChI=1S/C10H15N2O4P/c1-15-17(14,16-2)12-8-11-10(13)9-6-4-3-5-7-9/h3-7H,8H2,1-2H3,(H,11,13)(H,12,14). The molecule has 0 saturated heterocycles. The third-order valence-corrected chi connectivity index (χ3v) is 3.55. The fourth-order valence-corrected chi connectivity index (χ4v) is 1.79. The second kappa shape index (κ2) is 6.51. The Balaban J connectivity index is 2.42. The van der Waals surface area contributed by atoms with E-state index >= 15 is 0 Å². The van der Waals surface area contributed by atoms with Crippen LogP contribution in [0.5, 0.6) is 0 Å². The molecule has 6 nitrogen and oxygen atoms in total. The van der Waals surface area contributed by atoms with Gasteiger partial charge in [-0.1, -0.05) is 18.2 Å². The van der Waals surface area contributed by atoms with Gasteiger partial charge < -0.3 is 14.4 Å². The zero-order valence-corrected chi connectivity index (χ0v) is 10.6. The monoisotopic (exact) mass is 258 g/mol. The number of amides is 1. The first-order chi connectivity index (χ1) is 8.11. The molecule has 17 heavy (non-hydrogen) atoms. The quantitative estimate of drug-likeness (QED) is 0.595. The molecule has 0 radical (unpaired) electrons. The molecule has 7 heteroatoms. The first-order valence-corrected chi connectivity index (χ1v) is 6.45. The lowest BCUT2D eigenvalue weighted by Gasteiger charge is -2.14. The predicted octanol–water partition coefficient (Wildman–Crippen LogP) is 1.36. The molecule has 0 spiro atoms. The van der Waals surface area contributed by atoms with E-state index in [1.807, 2.05) is 6.07 Å². The zero-order valence-electron chi connectivity index (χ0n) is 9.67. The first kappa shape index (κ1) is 13.9. The minimum absolute atomic E-state index is 0.00726. The maximum absolute atomic E-state index is 11.6. The van der Waals surface area contributed by atoms with E-state index in [2.05, 4.69) is 19.5 Å². The van der Waals surface area contributed by atoms with Crippen LogP contribution in [-0.4, -0.2) is 26.8 Å². The molecule has 2 N–H and O–H groups in total. The summed E-state index contributed by atoms with van der Waals surface area (Å²) in [6.07, 6.45) is 0. The van der Waals surface area contributed by atoms with Gasteiger partial charge in [0.2, 0.25) is 0 Å². The lowest BCUT2D eigenvalue weighted by atomic mass is 10.2. The number of rotatable bonds is 6. The van der Waals surface area contributed by atoms with Crippen LogP contribution in [-0.2, 0) is 13.6 Å². The summed E-state index contributed by atoms with van der Waals surface area (Å²) in [7, 11) is -0.773. The Morgan fingerprint density at radius 3 is 2.35 bits per heavy atom.